The number of hydrogen-bond donors (Lipinski definition) is 0. The van der Waals surface area contributed by atoms with Crippen molar-refractivity contribution in [2.45, 2.75) is 27.2 Å². The summed E-state index contributed by atoms with van der Waals surface area (Å²) in [4.78, 5) is 24.3. The summed E-state index contributed by atoms with van der Waals surface area (Å²) < 4.78 is 15.5. The minimum atomic E-state index is -0.349. The lowest BCUT2D eigenvalue weighted by Gasteiger charge is -2.21. The van der Waals surface area contributed by atoms with E-state index in [2.05, 4.69) is 4.90 Å². The van der Waals surface area contributed by atoms with Crippen molar-refractivity contribution in [2.75, 3.05) is 52.7 Å². The van der Waals surface area contributed by atoms with Crippen molar-refractivity contribution in [1.29, 1.82) is 0 Å². The topological polar surface area (TPSA) is 65.1 Å². The Morgan fingerprint density at radius 3 is 1.95 bits per heavy atom. The predicted molar refractivity (Wildman–Crippen MR) is 75.7 cm³/mol. The van der Waals surface area contributed by atoms with Crippen LogP contribution in [0, 0.1) is 0 Å². The van der Waals surface area contributed by atoms with Crippen molar-refractivity contribution in [3.8, 4) is 0 Å². The lowest BCUT2D eigenvalue weighted by Crippen LogP contribution is -2.33. The molecule has 0 heterocycles. The van der Waals surface area contributed by atoms with Gasteiger partial charge in [-0.05, 0) is 20.8 Å². The van der Waals surface area contributed by atoms with Gasteiger partial charge in [0.1, 0.15) is 6.61 Å². The van der Waals surface area contributed by atoms with Gasteiger partial charge in [-0.3, -0.25) is 14.5 Å². The molecule has 0 saturated carbocycles. The zero-order valence-corrected chi connectivity index (χ0v) is 12.9. The van der Waals surface area contributed by atoms with E-state index in [1.807, 2.05) is 13.8 Å². The van der Waals surface area contributed by atoms with Crippen molar-refractivity contribution < 1.29 is 23.8 Å². The molecule has 0 rings (SSSR count). The molecule has 20 heavy (non-hydrogen) atoms. The van der Waals surface area contributed by atoms with Crippen molar-refractivity contribution >= 4 is 11.8 Å². The van der Waals surface area contributed by atoms with E-state index in [9.17, 15) is 9.59 Å². The average molecular weight is 289 g/mol. The van der Waals surface area contributed by atoms with Crippen molar-refractivity contribution in [3.63, 3.8) is 0 Å². The lowest BCUT2D eigenvalue weighted by atomic mass is 10.3. The van der Waals surface area contributed by atoms with Crippen LogP contribution in [0.3, 0.4) is 0 Å². The first-order valence-corrected chi connectivity index (χ1v) is 7.13. The van der Waals surface area contributed by atoms with Gasteiger partial charge in [0.05, 0.1) is 19.6 Å². The van der Waals surface area contributed by atoms with Crippen LogP contribution in [0.1, 0.15) is 27.2 Å². The molecule has 6 heteroatoms. The summed E-state index contributed by atoms with van der Waals surface area (Å²) in [6.45, 7) is 9.85. The molecule has 0 aliphatic heterocycles. The molecule has 0 fully saturated rings. The molecule has 0 spiro atoms. The maximum Gasteiger partial charge on any atom is 0.307 e. The van der Waals surface area contributed by atoms with Crippen molar-refractivity contribution in [2.24, 2.45) is 0 Å². The largest absolute Gasteiger partial charge is 0.458 e. The highest BCUT2D eigenvalue weighted by Crippen LogP contribution is 1.96. The van der Waals surface area contributed by atoms with Crippen LogP contribution in [-0.4, -0.2) is 69.3 Å². The SMILES string of the molecule is CCOCCN(CCOCC)CCC(=O)OCC(C)=O. The van der Waals surface area contributed by atoms with Gasteiger partial charge in [0.15, 0.2) is 5.78 Å². The Balaban J connectivity index is 3.92. The first kappa shape index (κ1) is 19.0. The Labute approximate surface area is 121 Å². The molecule has 0 atom stereocenters. The van der Waals surface area contributed by atoms with Crippen LogP contribution in [0.4, 0.5) is 0 Å². The number of carbonyl (C=O) groups excluding carboxylic acids is 2. The van der Waals surface area contributed by atoms with Gasteiger partial charge in [0.25, 0.3) is 0 Å². The third-order valence-corrected chi connectivity index (χ3v) is 2.58. The lowest BCUT2D eigenvalue weighted by molar-refractivity contribution is -0.147. The predicted octanol–water partition coefficient (Wildman–Crippen LogP) is 0.884. The number of esters is 1. The number of hydrogen-bond acceptors (Lipinski definition) is 6. The molecule has 0 radical (unpaired) electrons. The highest BCUT2D eigenvalue weighted by molar-refractivity contribution is 5.80. The Bertz CT molecular complexity index is 260. The summed E-state index contributed by atoms with van der Waals surface area (Å²) in [5, 5.41) is 0. The molecule has 0 saturated heterocycles. The minimum absolute atomic E-state index is 0.142. The van der Waals surface area contributed by atoms with Gasteiger partial charge in [0, 0.05) is 32.8 Å². The summed E-state index contributed by atoms with van der Waals surface area (Å²) in [6.07, 6.45) is 0.269. The van der Waals surface area contributed by atoms with Gasteiger partial charge >= 0.3 is 5.97 Å². The average Bonchev–Trinajstić information content (AvgIpc) is 2.42. The number of carbonyl (C=O) groups is 2. The minimum Gasteiger partial charge on any atom is -0.458 e. The second-order valence-corrected chi connectivity index (χ2v) is 4.35. The quantitative estimate of drug-likeness (QED) is 0.370. The van der Waals surface area contributed by atoms with Crippen LogP contribution in [0.25, 0.3) is 0 Å². The van der Waals surface area contributed by atoms with Gasteiger partial charge in [-0.25, -0.2) is 0 Å². The van der Waals surface area contributed by atoms with E-state index in [0.717, 1.165) is 13.1 Å². The standard InChI is InChI=1S/C14H27NO5/c1-4-18-10-8-15(9-11-19-5-2)7-6-14(17)20-12-13(3)16/h4-12H2,1-3H3. The van der Waals surface area contributed by atoms with E-state index in [-0.39, 0.29) is 24.8 Å². The van der Waals surface area contributed by atoms with Gasteiger partial charge in [-0.15, -0.1) is 0 Å². The van der Waals surface area contributed by atoms with Crippen LogP contribution in [0.15, 0.2) is 0 Å². The summed E-state index contributed by atoms with van der Waals surface area (Å²) in [5.74, 6) is -0.499. The molecular formula is C14H27NO5. The Morgan fingerprint density at radius 2 is 1.50 bits per heavy atom. The summed E-state index contributed by atoms with van der Waals surface area (Å²) in [7, 11) is 0. The maximum absolute atomic E-state index is 11.4. The van der Waals surface area contributed by atoms with Crippen LogP contribution >= 0.6 is 0 Å². The van der Waals surface area contributed by atoms with Crippen LogP contribution in [0.5, 0.6) is 0 Å². The molecule has 0 bridgehead atoms. The van der Waals surface area contributed by atoms with E-state index in [0.29, 0.717) is 33.0 Å². The fraction of sp³-hybridized carbons (Fsp3) is 0.857. The van der Waals surface area contributed by atoms with E-state index in [1.54, 1.807) is 0 Å². The molecule has 6 nitrogen and oxygen atoms in total. The monoisotopic (exact) mass is 289 g/mol. The number of rotatable bonds is 13. The molecule has 0 aromatic rings. The van der Waals surface area contributed by atoms with E-state index in [1.165, 1.54) is 6.92 Å². The first-order valence-electron chi connectivity index (χ1n) is 7.13. The molecule has 0 aliphatic carbocycles. The number of ether oxygens (including phenoxy) is 3. The zero-order chi connectivity index (χ0) is 15.2. The number of Topliss-reactive ketones (excluding diaryl/α,β-unsaturated/α-hetero) is 1. The Hall–Kier alpha value is -0.980. The van der Waals surface area contributed by atoms with Crippen molar-refractivity contribution in [1.82, 2.24) is 4.90 Å². The maximum atomic E-state index is 11.4. The smallest absolute Gasteiger partial charge is 0.307 e. The molecule has 0 aromatic heterocycles. The van der Waals surface area contributed by atoms with Gasteiger partial charge in [-0.1, -0.05) is 0 Å². The van der Waals surface area contributed by atoms with Crippen molar-refractivity contribution in [3.05, 3.63) is 0 Å². The van der Waals surface area contributed by atoms with Gasteiger partial charge in [0.2, 0.25) is 0 Å². The normalized spacial score (nSPS) is 10.8. The Kier molecular flexibility index (Phi) is 12.4. The number of ketones is 1. The van der Waals surface area contributed by atoms with E-state index < -0.39 is 0 Å². The summed E-state index contributed by atoms with van der Waals surface area (Å²) >= 11 is 0. The van der Waals surface area contributed by atoms with Crippen LogP contribution < -0.4 is 0 Å². The summed E-state index contributed by atoms with van der Waals surface area (Å²) in [5.41, 5.74) is 0. The fourth-order valence-corrected chi connectivity index (χ4v) is 1.52. The summed E-state index contributed by atoms with van der Waals surface area (Å²) in [6, 6.07) is 0. The number of nitrogens with zero attached hydrogens (tertiary/aromatic N) is 1. The van der Waals surface area contributed by atoms with E-state index in [4.69, 9.17) is 14.2 Å². The third-order valence-electron chi connectivity index (χ3n) is 2.58. The highest BCUT2D eigenvalue weighted by atomic mass is 16.5. The zero-order valence-electron chi connectivity index (χ0n) is 12.9. The molecule has 0 amide bonds. The van der Waals surface area contributed by atoms with E-state index >= 15 is 0 Å². The highest BCUT2D eigenvalue weighted by Gasteiger charge is 2.10. The van der Waals surface area contributed by atoms with Gasteiger partial charge < -0.3 is 14.2 Å². The molecule has 0 aliphatic rings. The van der Waals surface area contributed by atoms with Gasteiger partial charge in [-0.2, -0.15) is 0 Å². The molecule has 0 unspecified atom stereocenters. The second kappa shape index (κ2) is 13.0. The first-order chi connectivity index (χ1) is 9.60. The third kappa shape index (κ3) is 12.1. The van der Waals surface area contributed by atoms with Crippen LogP contribution in [-0.2, 0) is 23.8 Å². The second-order valence-electron chi connectivity index (χ2n) is 4.35. The fourth-order valence-electron chi connectivity index (χ4n) is 1.52. The molecular weight excluding hydrogens is 262 g/mol. The molecule has 118 valence electrons. The van der Waals surface area contributed by atoms with Crippen LogP contribution in [0.2, 0.25) is 0 Å². The Morgan fingerprint density at radius 1 is 0.950 bits per heavy atom. The molecule has 0 aromatic carbocycles. The molecule has 0 N–H and O–H groups in total.